The molecule has 0 amide bonds. The molecular weight excluding hydrogens is 220 g/mol. The number of nitrogens with zero attached hydrogens (tertiary/aromatic N) is 2. The molecule has 0 spiro atoms. The topological polar surface area (TPSA) is 72.2 Å². The van der Waals surface area contributed by atoms with Gasteiger partial charge in [0.2, 0.25) is 5.89 Å². The van der Waals surface area contributed by atoms with E-state index in [4.69, 9.17) is 9.26 Å². The van der Waals surface area contributed by atoms with Crippen LogP contribution in [0.1, 0.15) is 19.2 Å². The van der Waals surface area contributed by atoms with Crippen molar-refractivity contribution >= 4 is 0 Å². The SMILES string of the molecule is CC(CC1COCCN1)NCCc1ncno1. The van der Waals surface area contributed by atoms with Crippen molar-refractivity contribution in [1.82, 2.24) is 20.8 Å². The maximum Gasteiger partial charge on any atom is 0.227 e. The molecule has 17 heavy (non-hydrogen) atoms. The first-order valence-corrected chi connectivity index (χ1v) is 6.14. The van der Waals surface area contributed by atoms with E-state index in [1.165, 1.54) is 6.33 Å². The highest BCUT2D eigenvalue weighted by molar-refractivity contribution is 4.79. The van der Waals surface area contributed by atoms with Gasteiger partial charge in [0.25, 0.3) is 0 Å². The van der Waals surface area contributed by atoms with Crippen molar-refractivity contribution in [2.45, 2.75) is 31.8 Å². The third-order valence-electron chi connectivity index (χ3n) is 2.88. The third-order valence-corrected chi connectivity index (χ3v) is 2.88. The Morgan fingerprint density at radius 1 is 1.65 bits per heavy atom. The Labute approximate surface area is 101 Å². The van der Waals surface area contributed by atoms with Gasteiger partial charge in [0.1, 0.15) is 0 Å². The summed E-state index contributed by atoms with van der Waals surface area (Å²) in [6, 6.07) is 0.923. The predicted octanol–water partition coefficient (Wildman–Crippen LogP) is -0.0313. The molecule has 1 aliphatic heterocycles. The second-order valence-corrected chi connectivity index (χ2v) is 4.40. The fraction of sp³-hybridized carbons (Fsp3) is 0.818. The number of ether oxygens (including phenoxy) is 1. The van der Waals surface area contributed by atoms with E-state index in [-0.39, 0.29) is 0 Å². The minimum atomic E-state index is 0.456. The van der Waals surface area contributed by atoms with Gasteiger partial charge in [-0.25, -0.2) is 0 Å². The first-order valence-electron chi connectivity index (χ1n) is 6.14. The van der Waals surface area contributed by atoms with Gasteiger partial charge >= 0.3 is 0 Å². The second kappa shape index (κ2) is 6.68. The smallest absolute Gasteiger partial charge is 0.227 e. The van der Waals surface area contributed by atoms with E-state index in [2.05, 4.69) is 27.7 Å². The molecule has 2 N–H and O–H groups in total. The Hall–Kier alpha value is -0.980. The van der Waals surface area contributed by atoms with Crippen LogP contribution in [0.15, 0.2) is 10.9 Å². The number of hydrogen-bond acceptors (Lipinski definition) is 6. The second-order valence-electron chi connectivity index (χ2n) is 4.40. The number of morpholine rings is 1. The number of nitrogens with one attached hydrogen (secondary N) is 2. The summed E-state index contributed by atoms with van der Waals surface area (Å²) in [5.41, 5.74) is 0. The van der Waals surface area contributed by atoms with E-state index in [0.29, 0.717) is 18.0 Å². The summed E-state index contributed by atoms with van der Waals surface area (Å²) in [7, 11) is 0. The van der Waals surface area contributed by atoms with Crippen LogP contribution in [-0.4, -0.2) is 48.5 Å². The molecule has 0 saturated carbocycles. The summed E-state index contributed by atoms with van der Waals surface area (Å²) in [5, 5.41) is 10.5. The van der Waals surface area contributed by atoms with E-state index in [1.807, 2.05) is 0 Å². The highest BCUT2D eigenvalue weighted by atomic mass is 16.5. The molecule has 0 aliphatic carbocycles. The molecular formula is C11H20N4O2. The monoisotopic (exact) mass is 240 g/mol. The lowest BCUT2D eigenvalue weighted by Gasteiger charge is -2.26. The van der Waals surface area contributed by atoms with Crippen LogP contribution in [0.2, 0.25) is 0 Å². The van der Waals surface area contributed by atoms with E-state index in [1.54, 1.807) is 0 Å². The van der Waals surface area contributed by atoms with Gasteiger partial charge in [-0.2, -0.15) is 4.98 Å². The number of aromatic nitrogens is 2. The Kier molecular flexibility index (Phi) is 4.90. The molecule has 2 unspecified atom stereocenters. The lowest BCUT2D eigenvalue weighted by molar-refractivity contribution is 0.0712. The van der Waals surface area contributed by atoms with Gasteiger partial charge in [-0.1, -0.05) is 5.16 Å². The van der Waals surface area contributed by atoms with Gasteiger partial charge < -0.3 is 19.9 Å². The normalized spacial score (nSPS) is 22.5. The van der Waals surface area contributed by atoms with E-state index in [0.717, 1.165) is 39.1 Å². The molecule has 96 valence electrons. The fourth-order valence-electron chi connectivity index (χ4n) is 2.01. The summed E-state index contributed by atoms with van der Waals surface area (Å²) in [5.74, 6) is 0.684. The van der Waals surface area contributed by atoms with Crippen LogP contribution in [0.4, 0.5) is 0 Å². The molecule has 2 rings (SSSR count). The summed E-state index contributed by atoms with van der Waals surface area (Å²) in [6.07, 6.45) is 3.28. The van der Waals surface area contributed by atoms with Crippen LogP contribution < -0.4 is 10.6 Å². The van der Waals surface area contributed by atoms with Gasteiger partial charge in [0.15, 0.2) is 6.33 Å². The predicted molar refractivity (Wildman–Crippen MR) is 62.7 cm³/mol. The Balaban J connectivity index is 1.58. The lowest BCUT2D eigenvalue weighted by atomic mass is 10.1. The zero-order valence-corrected chi connectivity index (χ0v) is 10.2. The van der Waals surface area contributed by atoms with Crippen LogP contribution in [0, 0.1) is 0 Å². The van der Waals surface area contributed by atoms with Crippen molar-refractivity contribution in [3.05, 3.63) is 12.2 Å². The van der Waals surface area contributed by atoms with Crippen molar-refractivity contribution in [2.24, 2.45) is 0 Å². The highest BCUT2D eigenvalue weighted by Gasteiger charge is 2.15. The first-order chi connectivity index (χ1) is 8.34. The molecule has 6 heteroatoms. The van der Waals surface area contributed by atoms with Crippen LogP contribution in [0.25, 0.3) is 0 Å². The Morgan fingerprint density at radius 3 is 3.29 bits per heavy atom. The van der Waals surface area contributed by atoms with Crippen molar-refractivity contribution in [1.29, 1.82) is 0 Å². The molecule has 0 radical (unpaired) electrons. The zero-order valence-electron chi connectivity index (χ0n) is 10.2. The average molecular weight is 240 g/mol. The molecule has 2 atom stereocenters. The maximum absolute atomic E-state index is 5.42. The summed E-state index contributed by atoms with van der Waals surface area (Å²) in [6.45, 7) is 5.64. The molecule has 1 saturated heterocycles. The molecule has 1 aliphatic rings. The lowest BCUT2D eigenvalue weighted by Crippen LogP contribution is -2.45. The average Bonchev–Trinajstić information content (AvgIpc) is 2.83. The van der Waals surface area contributed by atoms with Crippen molar-refractivity contribution in [3.8, 4) is 0 Å². The van der Waals surface area contributed by atoms with Crippen molar-refractivity contribution in [2.75, 3.05) is 26.3 Å². The minimum absolute atomic E-state index is 0.456. The van der Waals surface area contributed by atoms with E-state index in [9.17, 15) is 0 Å². The van der Waals surface area contributed by atoms with Crippen molar-refractivity contribution < 1.29 is 9.26 Å². The summed E-state index contributed by atoms with van der Waals surface area (Å²) < 4.78 is 10.4. The van der Waals surface area contributed by atoms with Gasteiger partial charge in [-0.15, -0.1) is 0 Å². The fourth-order valence-corrected chi connectivity index (χ4v) is 2.01. The van der Waals surface area contributed by atoms with Crippen LogP contribution in [0.5, 0.6) is 0 Å². The van der Waals surface area contributed by atoms with Crippen LogP contribution in [0.3, 0.4) is 0 Å². The minimum Gasteiger partial charge on any atom is -0.379 e. The van der Waals surface area contributed by atoms with E-state index >= 15 is 0 Å². The van der Waals surface area contributed by atoms with Gasteiger partial charge in [0.05, 0.1) is 13.2 Å². The molecule has 0 aromatic carbocycles. The summed E-state index contributed by atoms with van der Waals surface area (Å²) >= 11 is 0. The summed E-state index contributed by atoms with van der Waals surface area (Å²) in [4.78, 5) is 3.98. The van der Waals surface area contributed by atoms with Gasteiger partial charge in [0, 0.05) is 31.6 Å². The van der Waals surface area contributed by atoms with Crippen LogP contribution in [-0.2, 0) is 11.2 Å². The number of hydrogen-bond donors (Lipinski definition) is 2. The van der Waals surface area contributed by atoms with Crippen LogP contribution >= 0.6 is 0 Å². The van der Waals surface area contributed by atoms with Gasteiger partial charge in [-0.05, 0) is 13.3 Å². The molecule has 1 aromatic rings. The zero-order chi connectivity index (χ0) is 11.9. The molecule has 1 fully saturated rings. The highest BCUT2D eigenvalue weighted by Crippen LogP contribution is 2.02. The standard InChI is InChI=1S/C11H20N4O2/c1-9(6-10-7-16-5-4-13-10)12-3-2-11-14-8-15-17-11/h8-10,12-13H,2-7H2,1H3. The van der Waals surface area contributed by atoms with Crippen molar-refractivity contribution in [3.63, 3.8) is 0 Å². The van der Waals surface area contributed by atoms with Gasteiger partial charge in [-0.3, -0.25) is 0 Å². The number of rotatable bonds is 6. The third kappa shape index (κ3) is 4.41. The van der Waals surface area contributed by atoms with E-state index < -0.39 is 0 Å². The largest absolute Gasteiger partial charge is 0.379 e. The Morgan fingerprint density at radius 2 is 2.59 bits per heavy atom. The molecule has 1 aromatic heterocycles. The Bertz CT molecular complexity index is 298. The molecule has 0 bridgehead atoms. The molecule has 2 heterocycles. The first kappa shape index (κ1) is 12.5. The quantitative estimate of drug-likeness (QED) is 0.727. The molecule has 6 nitrogen and oxygen atoms in total. The maximum atomic E-state index is 5.42.